The molecule has 2 aliphatic carbocycles. The molecule has 5 nitrogen and oxygen atoms in total. The first-order chi connectivity index (χ1) is 11.0. The van der Waals surface area contributed by atoms with E-state index < -0.39 is 5.97 Å². The lowest BCUT2D eigenvalue weighted by Crippen LogP contribution is -2.26. The molecule has 0 radical (unpaired) electrons. The highest BCUT2D eigenvalue weighted by atomic mass is 32.2. The van der Waals surface area contributed by atoms with Gasteiger partial charge in [-0.05, 0) is 62.7 Å². The Morgan fingerprint density at radius 2 is 2.17 bits per heavy atom. The predicted molar refractivity (Wildman–Crippen MR) is 88.3 cm³/mol. The van der Waals surface area contributed by atoms with Crippen LogP contribution in [0.25, 0.3) is 0 Å². The molecule has 0 aliphatic heterocycles. The van der Waals surface area contributed by atoms with Crippen molar-refractivity contribution >= 4 is 17.7 Å². The second-order valence-corrected chi connectivity index (χ2v) is 7.70. The van der Waals surface area contributed by atoms with Gasteiger partial charge in [-0.2, -0.15) is 0 Å². The van der Waals surface area contributed by atoms with E-state index in [2.05, 4.69) is 9.97 Å². The Morgan fingerprint density at radius 1 is 1.39 bits per heavy atom. The van der Waals surface area contributed by atoms with Crippen molar-refractivity contribution in [3.8, 4) is 0 Å². The monoisotopic (exact) mass is 336 g/mol. The van der Waals surface area contributed by atoms with Crippen LogP contribution in [0.15, 0.2) is 17.4 Å². The van der Waals surface area contributed by atoms with Crippen LogP contribution in [-0.2, 0) is 16.1 Å². The number of fused-ring (bicyclic) bond motifs is 2. The molecule has 0 spiro atoms. The molecule has 126 valence electrons. The van der Waals surface area contributed by atoms with Gasteiger partial charge in [-0.15, -0.1) is 0 Å². The molecule has 0 unspecified atom stereocenters. The third kappa shape index (κ3) is 3.86. The second kappa shape index (κ2) is 6.77. The van der Waals surface area contributed by atoms with Crippen LogP contribution < -0.4 is 0 Å². The first-order valence-corrected chi connectivity index (χ1v) is 9.49. The summed E-state index contributed by atoms with van der Waals surface area (Å²) >= 11 is 1.54. The number of thioether (sulfide) groups is 1. The van der Waals surface area contributed by atoms with Gasteiger partial charge < -0.3 is 9.84 Å². The largest absolute Gasteiger partial charge is 0.481 e. The van der Waals surface area contributed by atoms with Crippen LogP contribution in [0.5, 0.6) is 0 Å². The minimum absolute atomic E-state index is 0.00626. The Morgan fingerprint density at radius 3 is 2.87 bits per heavy atom. The van der Waals surface area contributed by atoms with E-state index in [1.165, 1.54) is 24.6 Å². The Bertz CT molecular complexity index is 571. The smallest absolute Gasteiger partial charge is 0.303 e. The van der Waals surface area contributed by atoms with Gasteiger partial charge in [0, 0.05) is 12.6 Å². The van der Waals surface area contributed by atoms with Crippen molar-refractivity contribution in [2.75, 3.05) is 6.26 Å². The Balaban J connectivity index is 1.54. The van der Waals surface area contributed by atoms with E-state index in [0.717, 1.165) is 43.0 Å². The van der Waals surface area contributed by atoms with E-state index >= 15 is 0 Å². The predicted octanol–water partition coefficient (Wildman–Crippen LogP) is 3.67. The molecule has 23 heavy (non-hydrogen) atoms. The standard InChI is InChI=1S/C17H24N2O3S/c1-23-15-18-10-4-13(19-15)11-22-17-8-6-16(12-17,7-9-17)5-2-3-14(20)21/h4,10H,2-3,5-9,11-12H2,1H3,(H,20,21). The number of hydrogen-bond donors (Lipinski definition) is 1. The average Bonchev–Trinajstić information content (AvgIpc) is 3.09. The van der Waals surface area contributed by atoms with E-state index in [1.807, 2.05) is 12.3 Å². The molecule has 2 saturated carbocycles. The first-order valence-electron chi connectivity index (χ1n) is 8.27. The lowest BCUT2D eigenvalue weighted by molar-refractivity contribution is -0.137. The van der Waals surface area contributed by atoms with Crippen LogP contribution >= 0.6 is 11.8 Å². The van der Waals surface area contributed by atoms with Crippen molar-refractivity contribution in [2.45, 2.75) is 68.7 Å². The van der Waals surface area contributed by atoms with Gasteiger partial charge in [-0.1, -0.05) is 11.8 Å². The van der Waals surface area contributed by atoms with Crippen LogP contribution in [0.1, 0.15) is 57.1 Å². The third-order valence-electron chi connectivity index (χ3n) is 5.42. The highest BCUT2D eigenvalue weighted by molar-refractivity contribution is 7.98. The number of carbonyl (C=O) groups is 1. The van der Waals surface area contributed by atoms with Crippen LogP contribution in [0.4, 0.5) is 0 Å². The normalized spacial score (nSPS) is 29.1. The van der Waals surface area contributed by atoms with E-state index in [-0.39, 0.29) is 12.0 Å². The van der Waals surface area contributed by atoms with Gasteiger partial charge >= 0.3 is 5.97 Å². The van der Waals surface area contributed by atoms with Gasteiger partial charge in [0.1, 0.15) is 0 Å². The molecule has 0 aromatic carbocycles. The lowest BCUT2D eigenvalue weighted by atomic mass is 9.80. The molecule has 2 aliphatic rings. The maximum Gasteiger partial charge on any atom is 0.303 e. The molecule has 2 fully saturated rings. The molecule has 1 N–H and O–H groups in total. The summed E-state index contributed by atoms with van der Waals surface area (Å²) in [6.07, 6.45) is 11.5. The molecule has 3 rings (SSSR count). The maximum absolute atomic E-state index is 10.7. The quantitative estimate of drug-likeness (QED) is 0.577. The maximum atomic E-state index is 10.7. The van der Waals surface area contributed by atoms with E-state index in [1.54, 1.807) is 6.20 Å². The number of nitrogens with zero attached hydrogens (tertiary/aromatic N) is 2. The summed E-state index contributed by atoms with van der Waals surface area (Å²) in [6, 6.07) is 1.92. The minimum atomic E-state index is -0.687. The van der Waals surface area contributed by atoms with Gasteiger partial charge in [-0.25, -0.2) is 9.97 Å². The van der Waals surface area contributed by atoms with E-state index in [9.17, 15) is 4.79 Å². The van der Waals surface area contributed by atoms with Gasteiger partial charge in [0.05, 0.1) is 17.9 Å². The molecule has 0 saturated heterocycles. The fourth-order valence-corrected chi connectivity index (χ4v) is 4.58. The Hall–Kier alpha value is -1.14. The van der Waals surface area contributed by atoms with Crippen molar-refractivity contribution < 1.29 is 14.6 Å². The molecule has 2 bridgehead atoms. The SMILES string of the molecule is CSc1nccc(COC23CCC(CCCC(=O)O)(CC2)C3)n1. The zero-order valence-corrected chi connectivity index (χ0v) is 14.4. The molecule has 6 heteroatoms. The number of hydrogen-bond acceptors (Lipinski definition) is 5. The van der Waals surface area contributed by atoms with Crippen molar-refractivity contribution in [1.29, 1.82) is 0 Å². The fraction of sp³-hybridized carbons (Fsp3) is 0.706. The van der Waals surface area contributed by atoms with Gasteiger partial charge in [-0.3, -0.25) is 4.79 Å². The summed E-state index contributed by atoms with van der Waals surface area (Å²) in [5, 5.41) is 9.60. The molecular weight excluding hydrogens is 312 g/mol. The number of carboxylic acid groups (broad SMARTS) is 1. The van der Waals surface area contributed by atoms with Crippen LogP contribution in [0.2, 0.25) is 0 Å². The first kappa shape index (κ1) is 16.7. The molecule has 1 heterocycles. The number of aliphatic carboxylic acids is 1. The van der Waals surface area contributed by atoms with Gasteiger partial charge in [0.25, 0.3) is 0 Å². The minimum Gasteiger partial charge on any atom is -0.481 e. The molecule has 0 atom stereocenters. The average molecular weight is 336 g/mol. The Kier molecular flexibility index (Phi) is 4.92. The molecule has 0 amide bonds. The summed E-state index contributed by atoms with van der Waals surface area (Å²) < 4.78 is 6.30. The highest BCUT2D eigenvalue weighted by Crippen LogP contribution is 2.60. The summed E-state index contributed by atoms with van der Waals surface area (Å²) in [4.78, 5) is 19.4. The highest BCUT2D eigenvalue weighted by Gasteiger charge is 2.54. The zero-order chi connectivity index (χ0) is 16.3. The van der Waals surface area contributed by atoms with Gasteiger partial charge in [0.2, 0.25) is 0 Å². The molecule has 1 aromatic rings. The molecule has 1 aromatic heterocycles. The number of ether oxygens (including phenoxy) is 1. The van der Waals surface area contributed by atoms with Crippen molar-refractivity contribution in [1.82, 2.24) is 9.97 Å². The third-order valence-corrected chi connectivity index (χ3v) is 5.98. The Labute approximate surface area is 141 Å². The second-order valence-electron chi connectivity index (χ2n) is 6.93. The summed E-state index contributed by atoms with van der Waals surface area (Å²) in [6.45, 7) is 0.543. The summed E-state index contributed by atoms with van der Waals surface area (Å²) in [7, 11) is 0. The van der Waals surface area contributed by atoms with E-state index in [0.29, 0.717) is 12.0 Å². The number of carboxylic acids is 1. The summed E-state index contributed by atoms with van der Waals surface area (Å²) in [5.74, 6) is -0.687. The lowest BCUT2D eigenvalue weighted by Gasteiger charge is -2.27. The molecular formula is C17H24N2O3S. The zero-order valence-electron chi connectivity index (χ0n) is 13.6. The van der Waals surface area contributed by atoms with Crippen molar-refractivity contribution in [3.05, 3.63) is 18.0 Å². The van der Waals surface area contributed by atoms with Crippen LogP contribution in [0, 0.1) is 5.41 Å². The number of aromatic nitrogens is 2. The fourth-order valence-electron chi connectivity index (χ4n) is 4.20. The van der Waals surface area contributed by atoms with Gasteiger partial charge in [0.15, 0.2) is 5.16 Å². The van der Waals surface area contributed by atoms with Crippen LogP contribution in [-0.4, -0.2) is 32.9 Å². The van der Waals surface area contributed by atoms with Crippen molar-refractivity contribution in [2.24, 2.45) is 5.41 Å². The topological polar surface area (TPSA) is 72.3 Å². The van der Waals surface area contributed by atoms with E-state index in [4.69, 9.17) is 9.84 Å². The number of rotatable bonds is 8. The summed E-state index contributed by atoms with van der Waals surface area (Å²) in [5.41, 5.74) is 1.26. The van der Waals surface area contributed by atoms with Crippen LogP contribution in [0.3, 0.4) is 0 Å². The van der Waals surface area contributed by atoms with Crippen molar-refractivity contribution in [3.63, 3.8) is 0 Å².